The Morgan fingerprint density at radius 1 is 1.50 bits per heavy atom. The van der Waals surface area contributed by atoms with Crippen molar-refractivity contribution in [3.63, 3.8) is 0 Å². The number of nitrogens with zero attached hydrogens (tertiary/aromatic N) is 2. The molecule has 20 heavy (non-hydrogen) atoms. The zero-order valence-electron chi connectivity index (χ0n) is 11.2. The summed E-state index contributed by atoms with van der Waals surface area (Å²) in [5.41, 5.74) is 1.35. The first kappa shape index (κ1) is 12.7. The Bertz CT molecular complexity index is 635. The fraction of sp³-hybridized carbons (Fsp3) is 0.333. The van der Waals surface area contributed by atoms with Crippen LogP contribution in [-0.2, 0) is 6.42 Å². The van der Waals surface area contributed by atoms with E-state index in [0.717, 1.165) is 18.4 Å². The average molecular weight is 272 g/mol. The van der Waals surface area contributed by atoms with Crippen molar-refractivity contribution >= 4 is 5.78 Å². The molecule has 5 heteroatoms. The van der Waals surface area contributed by atoms with E-state index >= 15 is 0 Å². The standard InChI is InChI=1S/C15H16N2O3/c1-2-3-10-6-11(18)7-12-14(19)13(8-20-15(10)12)17-5-4-16-9-17/h4-7,9,13,18H,2-3,8H2,1H3. The molecule has 1 unspecified atom stereocenters. The van der Waals surface area contributed by atoms with Crippen molar-refractivity contribution in [1.82, 2.24) is 9.55 Å². The predicted octanol–water partition coefficient (Wildman–Crippen LogP) is 2.36. The van der Waals surface area contributed by atoms with Crippen LogP contribution in [0.2, 0.25) is 0 Å². The number of phenolic OH excluding ortho intramolecular Hbond substituents is 1. The molecule has 0 bridgehead atoms. The Labute approximate surface area is 116 Å². The summed E-state index contributed by atoms with van der Waals surface area (Å²) in [6.07, 6.45) is 6.69. The Morgan fingerprint density at radius 2 is 2.35 bits per heavy atom. The van der Waals surface area contributed by atoms with Gasteiger partial charge in [-0.1, -0.05) is 13.3 Å². The van der Waals surface area contributed by atoms with Gasteiger partial charge < -0.3 is 14.4 Å². The van der Waals surface area contributed by atoms with E-state index in [2.05, 4.69) is 11.9 Å². The minimum atomic E-state index is -0.415. The molecule has 0 aliphatic carbocycles. The summed E-state index contributed by atoms with van der Waals surface area (Å²) in [5, 5.41) is 9.80. The number of ether oxygens (including phenoxy) is 1. The Hall–Kier alpha value is -2.30. The van der Waals surface area contributed by atoms with Crippen molar-refractivity contribution in [3.8, 4) is 11.5 Å². The summed E-state index contributed by atoms with van der Waals surface area (Å²) < 4.78 is 7.52. The molecule has 2 heterocycles. The fourth-order valence-electron chi connectivity index (χ4n) is 2.57. The van der Waals surface area contributed by atoms with E-state index in [1.807, 2.05) is 0 Å². The van der Waals surface area contributed by atoms with Gasteiger partial charge in [-0.2, -0.15) is 0 Å². The van der Waals surface area contributed by atoms with Crippen molar-refractivity contribution in [1.29, 1.82) is 0 Å². The van der Waals surface area contributed by atoms with Gasteiger partial charge in [0.05, 0.1) is 11.9 Å². The fourth-order valence-corrected chi connectivity index (χ4v) is 2.57. The summed E-state index contributed by atoms with van der Waals surface area (Å²) in [7, 11) is 0. The number of carbonyl (C=O) groups is 1. The summed E-state index contributed by atoms with van der Waals surface area (Å²) >= 11 is 0. The van der Waals surface area contributed by atoms with Gasteiger partial charge in [-0.3, -0.25) is 4.79 Å². The molecule has 1 aliphatic rings. The number of Topliss-reactive ketones (excluding diaryl/α,β-unsaturated/α-hetero) is 1. The lowest BCUT2D eigenvalue weighted by atomic mass is 9.96. The number of aromatic hydroxyl groups is 1. The zero-order valence-corrected chi connectivity index (χ0v) is 11.2. The van der Waals surface area contributed by atoms with Crippen LogP contribution in [-0.4, -0.2) is 27.0 Å². The van der Waals surface area contributed by atoms with Gasteiger partial charge in [-0.25, -0.2) is 4.98 Å². The number of ketones is 1. The number of carbonyl (C=O) groups excluding carboxylic acids is 1. The minimum absolute atomic E-state index is 0.0440. The number of aryl methyl sites for hydroxylation is 1. The Kier molecular flexibility index (Phi) is 3.18. The maximum atomic E-state index is 12.6. The van der Waals surface area contributed by atoms with Crippen LogP contribution in [0.3, 0.4) is 0 Å². The van der Waals surface area contributed by atoms with E-state index in [1.54, 1.807) is 29.4 Å². The number of rotatable bonds is 3. The molecule has 1 atom stereocenters. The third-order valence-corrected chi connectivity index (χ3v) is 3.51. The second kappa shape index (κ2) is 5.00. The summed E-state index contributed by atoms with van der Waals surface area (Å²) in [4.78, 5) is 16.5. The van der Waals surface area contributed by atoms with E-state index in [-0.39, 0.29) is 11.5 Å². The lowest BCUT2D eigenvalue weighted by Gasteiger charge is -2.26. The lowest BCUT2D eigenvalue weighted by Crippen LogP contribution is -2.30. The molecule has 104 valence electrons. The highest BCUT2D eigenvalue weighted by Crippen LogP contribution is 2.36. The van der Waals surface area contributed by atoms with Gasteiger partial charge in [0.25, 0.3) is 0 Å². The molecule has 0 radical (unpaired) electrons. The van der Waals surface area contributed by atoms with Gasteiger partial charge in [0.2, 0.25) is 0 Å². The molecule has 1 aromatic heterocycles. The van der Waals surface area contributed by atoms with E-state index < -0.39 is 6.04 Å². The van der Waals surface area contributed by atoms with E-state index in [4.69, 9.17) is 4.74 Å². The van der Waals surface area contributed by atoms with Crippen molar-refractivity contribution in [2.45, 2.75) is 25.8 Å². The van der Waals surface area contributed by atoms with Gasteiger partial charge in [0.1, 0.15) is 24.1 Å². The molecular formula is C15H16N2O3. The number of phenols is 1. The smallest absolute Gasteiger partial charge is 0.192 e. The molecule has 0 saturated heterocycles. The van der Waals surface area contributed by atoms with Crippen LogP contribution in [0.4, 0.5) is 0 Å². The van der Waals surface area contributed by atoms with Gasteiger partial charge in [0, 0.05) is 12.4 Å². The van der Waals surface area contributed by atoms with Gasteiger partial charge in [-0.15, -0.1) is 0 Å². The van der Waals surface area contributed by atoms with E-state index in [1.165, 1.54) is 6.07 Å². The topological polar surface area (TPSA) is 64.3 Å². The van der Waals surface area contributed by atoms with Crippen LogP contribution in [0.15, 0.2) is 30.9 Å². The van der Waals surface area contributed by atoms with Gasteiger partial charge in [0.15, 0.2) is 5.78 Å². The molecule has 1 aromatic carbocycles. The predicted molar refractivity (Wildman–Crippen MR) is 73.2 cm³/mol. The second-order valence-corrected chi connectivity index (χ2v) is 4.93. The van der Waals surface area contributed by atoms with E-state index in [0.29, 0.717) is 17.9 Å². The molecule has 2 aromatic rings. The number of hydrogen-bond acceptors (Lipinski definition) is 4. The van der Waals surface area contributed by atoms with Crippen LogP contribution in [0, 0.1) is 0 Å². The molecule has 5 nitrogen and oxygen atoms in total. The lowest BCUT2D eigenvalue weighted by molar-refractivity contribution is 0.0839. The first-order valence-electron chi connectivity index (χ1n) is 6.71. The molecule has 3 rings (SSSR count). The first-order valence-corrected chi connectivity index (χ1v) is 6.71. The number of benzene rings is 1. The zero-order chi connectivity index (χ0) is 14.1. The highest BCUT2D eigenvalue weighted by Gasteiger charge is 2.31. The number of aromatic nitrogens is 2. The van der Waals surface area contributed by atoms with Crippen LogP contribution in [0.1, 0.15) is 35.3 Å². The Morgan fingerprint density at radius 3 is 3.05 bits per heavy atom. The van der Waals surface area contributed by atoms with Crippen molar-refractivity contribution < 1.29 is 14.6 Å². The largest absolute Gasteiger partial charge is 0.508 e. The maximum absolute atomic E-state index is 12.6. The highest BCUT2D eigenvalue weighted by atomic mass is 16.5. The van der Waals surface area contributed by atoms with Gasteiger partial charge in [-0.05, 0) is 24.1 Å². The number of hydrogen-bond donors (Lipinski definition) is 1. The number of imidazole rings is 1. The second-order valence-electron chi connectivity index (χ2n) is 4.93. The maximum Gasteiger partial charge on any atom is 0.192 e. The summed E-state index contributed by atoms with van der Waals surface area (Å²) in [5.74, 6) is 0.680. The van der Waals surface area contributed by atoms with E-state index in [9.17, 15) is 9.90 Å². The number of fused-ring (bicyclic) bond motifs is 1. The average Bonchev–Trinajstić information content (AvgIpc) is 2.94. The summed E-state index contributed by atoms with van der Waals surface area (Å²) in [6, 6.07) is 2.74. The quantitative estimate of drug-likeness (QED) is 0.931. The molecule has 0 spiro atoms. The third-order valence-electron chi connectivity index (χ3n) is 3.51. The molecular weight excluding hydrogens is 256 g/mol. The third kappa shape index (κ3) is 2.05. The first-order chi connectivity index (χ1) is 9.70. The van der Waals surface area contributed by atoms with Crippen molar-refractivity contribution in [2.75, 3.05) is 6.61 Å². The Balaban J connectivity index is 2.03. The normalized spacial score (nSPS) is 17.6. The molecule has 1 aliphatic heterocycles. The van der Waals surface area contributed by atoms with Crippen LogP contribution in [0.5, 0.6) is 11.5 Å². The molecule has 1 N–H and O–H groups in total. The van der Waals surface area contributed by atoms with Crippen LogP contribution >= 0.6 is 0 Å². The van der Waals surface area contributed by atoms with Crippen LogP contribution < -0.4 is 4.74 Å². The minimum Gasteiger partial charge on any atom is -0.508 e. The van der Waals surface area contributed by atoms with Crippen molar-refractivity contribution in [2.24, 2.45) is 0 Å². The SMILES string of the molecule is CCCc1cc(O)cc2c1OCC(n1ccnc1)C2=O. The van der Waals surface area contributed by atoms with Gasteiger partial charge >= 0.3 is 0 Å². The summed E-state index contributed by atoms with van der Waals surface area (Å²) in [6.45, 7) is 2.35. The van der Waals surface area contributed by atoms with Crippen molar-refractivity contribution in [3.05, 3.63) is 42.0 Å². The monoisotopic (exact) mass is 272 g/mol. The molecule has 0 fully saturated rings. The molecule has 0 amide bonds. The van der Waals surface area contributed by atoms with Crippen LogP contribution in [0.25, 0.3) is 0 Å². The molecule has 0 saturated carbocycles. The highest BCUT2D eigenvalue weighted by molar-refractivity contribution is 6.03.